The lowest BCUT2D eigenvalue weighted by Gasteiger charge is -2.34. The van der Waals surface area contributed by atoms with Crippen LogP contribution in [0.3, 0.4) is 0 Å². The van der Waals surface area contributed by atoms with Crippen LogP contribution >= 0.6 is 0 Å². The zero-order valence-electron chi connectivity index (χ0n) is 18.4. The molecule has 0 bridgehead atoms. The van der Waals surface area contributed by atoms with Gasteiger partial charge in [-0.05, 0) is 53.2 Å². The summed E-state index contributed by atoms with van der Waals surface area (Å²) in [4.78, 5) is 15.0. The van der Waals surface area contributed by atoms with Gasteiger partial charge in [-0.3, -0.25) is 4.79 Å². The van der Waals surface area contributed by atoms with Crippen molar-refractivity contribution >= 4 is 22.0 Å². The highest BCUT2D eigenvalue weighted by Gasteiger charge is 2.32. The number of likely N-dealkylation sites (N-methyl/N-ethyl adjacent to an activating group) is 1. The summed E-state index contributed by atoms with van der Waals surface area (Å²) in [6.45, 7) is 5.88. The van der Waals surface area contributed by atoms with Crippen LogP contribution < -0.4 is 0 Å². The predicted octanol–water partition coefficient (Wildman–Crippen LogP) is 3.95. The van der Waals surface area contributed by atoms with Crippen molar-refractivity contribution in [1.29, 1.82) is 0 Å². The highest BCUT2D eigenvalue weighted by atomic mass is 32.2. The molecule has 2 aromatic carbocycles. The minimum atomic E-state index is -3.54. The molecule has 2 atom stereocenters. The molecule has 4 rings (SSSR count). The van der Waals surface area contributed by atoms with E-state index in [-0.39, 0.29) is 5.91 Å². The average molecular weight is 439 g/mol. The van der Waals surface area contributed by atoms with Crippen molar-refractivity contribution in [3.8, 4) is 0 Å². The van der Waals surface area contributed by atoms with Crippen LogP contribution in [0, 0.1) is 11.8 Å². The Bertz CT molecular complexity index is 1100. The maximum absolute atomic E-state index is 13.2. The van der Waals surface area contributed by atoms with Gasteiger partial charge in [-0.1, -0.05) is 50.2 Å². The molecule has 1 amide bonds. The second-order valence-electron chi connectivity index (χ2n) is 9.12. The minimum absolute atomic E-state index is 0.0249. The molecule has 0 saturated carbocycles. The lowest BCUT2D eigenvalue weighted by atomic mass is 9.94. The number of nitrogens with zero attached hydrogens (tertiary/aromatic N) is 2. The van der Waals surface area contributed by atoms with Crippen molar-refractivity contribution < 1.29 is 13.2 Å². The van der Waals surface area contributed by atoms with E-state index in [0.717, 1.165) is 23.1 Å². The molecule has 2 unspecified atom stereocenters. The molecule has 1 aliphatic heterocycles. The maximum atomic E-state index is 13.2. The Morgan fingerprint density at radius 1 is 1.06 bits per heavy atom. The number of carbonyl (C=O) groups excluding carboxylic acids is 1. The van der Waals surface area contributed by atoms with E-state index in [1.165, 1.54) is 0 Å². The van der Waals surface area contributed by atoms with Gasteiger partial charge in [0.15, 0.2) is 0 Å². The molecule has 0 radical (unpaired) electrons. The SMILES string of the molecule is CC1CC(C)CN(S(=O)(=O)c2ccc3c(c2)C=C(C(=O)N(C)Cc2ccccc2)C3)C1. The minimum Gasteiger partial charge on any atom is -0.338 e. The Kier molecular flexibility index (Phi) is 6.04. The number of hydrogen-bond acceptors (Lipinski definition) is 3. The van der Waals surface area contributed by atoms with Crippen molar-refractivity contribution in [2.45, 2.75) is 38.1 Å². The summed E-state index contributed by atoms with van der Waals surface area (Å²) in [5.41, 5.74) is 3.60. The molecule has 2 aromatic rings. The first-order valence-corrected chi connectivity index (χ1v) is 12.3. The summed E-state index contributed by atoms with van der Waals surface area (Å²) < 4.78 is 28.1. The van der Waals surface area contributed by atoms with Gasteiger partial charge < -0.3 is 4.90 Å². The van der Waals surface area contributed by atoms with Crippen molar-refractivity contribution in [3.05, 3.63) is 70.8 Å². The van der Waals surface area contributed by atoms with Gasteiger partial charge in [-0.25, -0.2) is 8.42 Å². The summed E-state index contributed by atoms with van der Waals surface area (Å²) in [5, 5.41) is 0. The molecule has 0 aromatic heterocycles. The van der Waals surface area contributed by atoms with E-state index in [0.29, 0.717) is 48.4 Å². The Morgan fingerprint density at radius 2 is 1.74 bits per heavy atom. The van der Waals surface area contributed by atoms with Crippen LogP contribution in [0.25, 0.3) is 6.08 Å². The fraction of sp³-hybridized carbons (Fsp3) is 0.400. The van der Waals surface area contributed by atoms with E-state index < -0.39 is 10.0 Å². The van der Waals surface area contributed by atoms with Gasteiger partial charge in [0, 0.05) is 38.7 Å². The van der Waals surface area contributed by atoms with Crippen molar-refractivity contribution in [2.75, 3.05) is 20.1 Å². The Balaban J connectivity index is 1.52. The Hall–Kier alpha value is -2.44. The molecule has 1 fully saturated rings. The molecule has 31 heavy (non-hydrogen) atoms. The van der Waals surface area contributed by atoms with Crippen LogP contribution in [0.15, 0.2) is 59.0 Å². The van der Waals surface area contributed by atoms with Gasteiger partial charge in [0.25, 0.3) is 0 Å². The number of fused-ring (bicyclic) bond motifs is 1. The van der Waals surface area contributed by atoms with Crippen molar-refractivity contribution in [3.63, 3.8) is 0 Å². The van der Waals surface area contributed by atoms with E-state index in [2.05, 4.69) is 13.8 Å². The van der Waals surface area contributed by atoms with E-state index in [9.17, 15) is 13.2 Å². The van der Waals surface area contributed by atoms with E-state index in [4.69, 9.17) is 0 Å². The van der Waals surface area contributed by atoms with Crippen molar-refractivity contribution in [2.24, 2.45) is 11.8 Å². The van der Waals surface area contributed by atoms with Gasteiger partial charge in [0.1, 0.15) is 0 Å². The first kappa shape index (κ1) is 21.8. The molecule has 6 heteroatoms. The third-order valence-electron chi connectivity index (χ3n) is 6.19. The summed E-state index contributed by atoms with van der Waals surface area (Å²) in [6.07, 6.45) is 3.44. The van der Waals surface area contributed by atoms with Crippen LogP contribution in [0.5, 0.6) is 0 Å². The fourth-order valence-corrected chi connectivity index (χ4v) is 6.45. The van der Waals surface area contributed by atoms with E-state index in [1.807, 2.05) is 42.5 Å². The number of sulfonamides is 1. The number of carbonyl (C=O) groups is 1. The summed E-state index contributed by atoms with van der Waals surface area (Å²) >= 11 is 0. The van der Waals surface area contributed by atoms with Crippen LogP contribution in [0.4, 0.5) is 0 Å². The third kappa shape index (κ3) is 4.60. The van der Waals surface area contributed by atoms with Gasteiger partial charge in [0.2, 0.25) is 15.9 Å². The molecular formula is C25H30N2O3S. The third-order valence-corrected chi connectivity index (χ3v) is 8.01. The quantitative estimate of drug-likeness (QED) is 0.710. The lowest BCUT2D eigenvalue weighted by molar-refractivity contribution is -0.126. The summed E-state index contributed by atoms with van der Waals surface area (Å²) in [5.74, 6) is 0.692. The molecule has 164 valence electrons. The average Bonchev–Trinajstić information content (AvgIpc) is 3.16. The highest BCUT2D eigenvalue weighted by molar-refractivity contribution is 7.89. The monoisotopic (exact) mass is 438 g/mol. The predicted molar refractivity (Wildman–Crippen MR) is 123 cm³/mol. The van der Waals surface area contributed by atoms with Gasteiger partial charge in [-0.15, -0.1) is 0 Å². The molecule has 5 nitrogen and oxygen atoms in total. The topological polar surface area (TPSA) is 57.7 Å². The number of benzene rings is 2. The maximum Gasteiger partial charge on any atom is 0.250 e. The Labute approximate surface area is 185 Å². The number of rotatable bonds is 5. The Morgan fingerprint density at radius 3 is 2.42 bits per heavy atom. The smallest absolute Gasteiger partial charge is 0.250 e. The number of amides is 1. The van der Waals surface area contributed by atoms with Crippen LogP contribution in [-0.4, -0.2) is 43.7 Å². The molecular weight excluding hydrogens is 408 g/mol. The first-order valence-electron chi connectivity index (χ1n) is 10.9. The molecule has 1 heterocycles. The van der Waals surface area contributed by atoms with E-state index in [1.54, 1.807) is 28.4 Å². The second-order valence-corrected chi connectivity index (χ2v) is 11.1. The second kappa shape index (κ2) is 8.60. The molecule has 1 aliphatic carbocycles. The van der Waals surface area contributed by atoms with Crippen LogP contribution in [-0.2, 0) is 27.8 Å². The molecule has 0 spiro atoms. The van der Waals surface area contributed by atoms with Gasteiger partial charge >= 0.3 is 0 Å². The zero-order valence-corrected chi connectivity index (χ0v) is 19.2. The normalized spacial score (nSPS) is 21.5. The largest absolute Gasteiger partial charge is 0.338 e. The van der Waals surface area contributed by atoms with Crippen LogP contribution in [0.2, 0.25) is 0 Å². The molecule has 2 aliphatic rings. The highest BCUT2D eigenvalue weighted by Crippen LogP contribution is 2.31. The first-order chi connectivity index (χ1) is 14.7. The van der Waals surface area contributed by atoms with Crippen molar-refractivity contribution in [1.82, 2.24) is 9.21 Å². The van der Waals surface area contributed by atoms with Gasteiger partial charge in [-0.2, -0.15) is 4.31 Å². The summed E-state index contributed by atoms with van der Waals surface area (Å²) in [7, 11) is -1.74. The van der Waals surface area contributed by atoms with Crippen LogP contribution in [0.1, 0.15) is 37.0 Å². The standard InChI is InChI=1S/C25H30N2O3S/c1-18-11-19(2)16-27(15-18)31(29,30)24-10-9-21-12-23(13-22(21)14-24)25(28)26(3)17-20-7-5-4-6-8-20/h4-10,13-14,18-19H,11-12,15-17H2,1-3H3. The van der Waals surface area contributed by atoms with Gasteiger partial charge in [0.05, 0.1) is 4.90 Å². The zero-order chi connectivity index (χ0) is 22.2. The lowest BCUT2D eigenvalue weighted by Crippen LogP contribution is -2.42. The molecule has 0 N–H and O–H groups in total. The number of piperidine rings is 1. The molecule has 1 saturated heterocycles. The van der Waals surface area contributed by atoms with E-state index >= 15 is 0 Å². The fourth-order valence-electron chi connectivity index (χ4n) is 4.74. The summed E-state index contributed by atoms with van der Waals surface area (Å²) in [6, 6.07) is 15.2. The number of hydrogen-bond donors (Lipinski definition) is 0.